The quantitative estimate of drug-likeness (QED) is 0.857. The molecule has 1 aromatic rings. The number of rotatable bonds is 3. The van der Waals surface area contributed by atoms with Gasteiger partial charge >= 0.3 is 0 Å². The summed E-state index contributed by atoms with van der Waals surface area (Å²) >= 11 is 0. The molecule has 19 heavy (non-hydrogen) atoms. The van der Waals surface area contributed by atoms with E-state index in [0.29, 0.717) is 19.5 Å². The lowest BCUT2D eigenvalue weighted by Gasteiger charge is -2.32. The van der Waals surface area contributed by atoms with Crippen molar-refractivity contribution < 1.29 is 14.3 Å². The highest BCUT2D eigenvalue weighted by atomic mass is 19.1. The van der Waals surface area contributed by atoms with Crippen LogP contribution in [-0.2, 0) is 0 Å². The lowest BCUT2D eigenvalue weighted by atomic mass is 9.94. The van der Waals surface area contributed by atoms with Crippen LogP contribution in [0.25, 0.3) is 0 Å². The number of aliphatic hydroxyl groups excluding tert-OH is 1. The van der Waals surface area contributed by atoms with Crippen molar-refractivity contribution in [1.82, 2.24) is 9.88 Å². The summed E-state index contributed by atoms with van der Waals surface area (Å²) in [6, 6.07) is 1.35. The van der Waals surface area contributed by atoms with E-state index in [1.165, 1.54) is 12.3 Å². The number of aliphatic hydroxyl groups is 1. The van der Waals surface area contributed by atoms with Crippen LogP contribution in [0.1, 0.15) is 29.6 Å². The summed E-state index contributed by atoms with van der Waals surface area (Å²) in [5, 5.41) is 8.95. The van der Waals surface area contributed by atoms with Gasteiger partial charge in [-0.3, -0.25) is 4.79 Å². The van der Waals surface area contributed by atoms with Crippen molar-refractivity contribution in [2.24, 2.45) is 5.92 Å². The van der Waals surface area contributed by atoms with Crippen molar-refractivity contribution >= 4 is 11.7 Å². The molecule has 0 aliphatic carbocycles. The Morgan fingerprint density at radius 1 is 1.63 bits per heavy atom. The number of nitrogen functional groups attached to an aromatic ring is 1. The van der Waals surface area contributed by atoms with Crippen LogP contribution in [-0.4, -0.2) is 40.6 Å². The minimum atomic E-state index is -0.753. The number of piperidine rings is 1. The summed E-state index contributed by atoms with van der Waals surface area (Å²) in [4.78, 5) is 17.5. The fourth-order valence-electron chi connectivity index (χ4n) is 2.46. The number of pyridine rings is 1. The highest BCUT2D eigenvalue weighted by Crippen LogP contribution is 2.22. The molecule has 5 nitrogen and oxygen atoms in total. The van der Waals surface area contributed by atoms with Crippen LogP contribution in [0.3, 0.4) is 0 Å². The Morgan fingerprint density at radius 3 is 3.16 bits per heavy atom. The van der Waals surface area contributed by atoms with Gasteiger partial charge in [-0.15, -0.1) is 0 Å². The molecule has 0 aromatic carbocycles. The molecule has 1 aliphatic heterocycles. The molecule has 1 saturated heterocycles. The molecule has 0 saturated carbocycles. The second-order valence-electron chi connectivity index (χ2n) is 4.83. The molecule has 104 valence electrons. The number of amides is 1. The van der Waals surface area contributed by atoms with E-state index in [1.54, 1.807) is 4.90 Å². The van der Waals surface area contributed by atoms with E-state index in [2.05, 4.69) is 4.98 Å². The Balaban J connectivity index is 2.12. The Bertz CT molecular complexity index is 465. The molecule has 0 radical (unpaired) electrons. The third-order valence-electron chi connectivity index (χ3n) is 3.49. The van der Waals surface area contributed by atoms with E-state index in [4.69, 9.17) is 10.8 Å². The van der Waals surface area contributed by atoms with Gasteiger partial charge in [0.1, 0.15) is 0 Å². The number of aromatic nitrogens is 1. The van der Waals surface area contributed by atoms with Crippen molar-refractivity contribution in [3.05, 3.63) is 23.6 Å². The van der Waals surface area contributed by atoms with Crippen LogP contribution in [0.5, 0.6) is 0 Å². The molecular weight excluding hydrogens is 249 g/mol. The van der Waals surface area contributed by atoms with Gasteiger partial charge in [-0.05, 0) is 31.2 Å². The van der Waals surface area contributed by atoms with Gasteiger partial charge in [0.25, 0.3) is 5.91 Å². The molecular formula is C13H18FN3O2. The largest absolute Gasteiger partial charge is 0.396 e. The molecule has 1 aromatic heterocycles. The average Bonchev–Trinajstić information content (AvgIpc) is 2.42. The fraction of sp³-hybridized carbons (Fsp3) is 0.538. The lowest BCUT2D eigenvalue weighted by Crippen LogP contribution is -2.40. The van der Waals surface area contributed by atoms with E-state index >= 15 is 0 Å². The molecule has 2 rings (SSSR count). The number of hydrogen-bond acceptors (Lipinski definition) is 4. The second-order valence-corrected chi connectivity index (χ2v) is 4.83. The van der Waals surface area contributed by atoms with Crippen LogP contribution >= 0.6 is 0 Å². The first-order chi connectivity index (χ1) is 9.13. The second kappa shape index (κ2) is 5.97. The van der Waals surface area contributed by atoms with Crippen LogP contribution in [0.15, 0.2) is 12.3 Å². The van der Waals surface area contributed by atoms with Crippen LogP contribution in [0.2, 0.25) is 0 Å². The molecule has 2 heterocycles. The van der Waals surface area contributed by atoms with E-state index < -0.39 is 5.82 Å². The molecule has 1 fully saturated rings. The van der Waals surface area contributed by atoms with E-state index in [0.717, 1.165) is 12.8 Å². The van der Waals surface area contributed by atoms with Gasteiger partial charge in [0.05, 0.1) is 5.56 Å². The van der Waals surface area contributed by atoms with Crippen molar-refractivity contribution in [2.75, 3.05) is 25.4 Å². The minimum absolute atomic E-state index is 0.0304. The van der Waals surface area contributed by atoms with Gasteiger partial charge in [0.2, 0.25) is 0 Å². The van der Waals surface area contributed by atoms with Gasteiger partial charge < -0.3 is 15.7 Å². The summed E-state index contributed by atoms with van der Waals surface area (Å²) in [7, 11) is 0. The number of carbonyl (C=O) groups excluding carboxylic acids is 1. The van der Waals surface area contributed by atoms with E-state index in [-0.39, 0.29) is 29.8 Å². The Hall–Kier alpha value is -1.69. The molecule has 1 atom stereocenters. The highest BCUT2D eigenvalue weighted by Gasteiger charge is 2.26. The predicted molar refractivity (Wildman–Crippen MR) is 68.9 cm³/mol. The van der Waals surface area contributed by atoms with Gasteiger partial charge in [0.15, 0.2) is 11.6 Å². The Morgan fingerprint density at radius 2 is 2.42 bits per heavy atom. The zero-order valence-corrected chi connectivity index (χ0v) is 10.7. The molecule has 1 amide bonds. The highest BCUT2D eigenvalue weighted by molar-refractivity contribution is 5.95. The molecule has 0 spiro atoms. The smallest absolute Gasteiger partial charge is 0.257 e. The average molecular weight is 267 g/mol. The SMILES string of the molecule is Nc1nccc(C(=O)N2CCCC(CCO)C2)c1F. The maximum atomic E-state index is 13.8. The molecule has 1 unspecified atom stereocenters. The maximum absolute atomic E-state index is 13.8. The fourth-order valence-corrected chi connectivity index (χ4v) is 2.46. The maximum Gasteiger partial charge on any atom is 0.257 e. The van der Waals surface area contributed by atoms with Crippen molar-refractivity contribution in [3.63, 3.8) is 0 Å². The topological polar surface area (TPSA) is 79.5 Å². The molecule has 3 N–H and O–H groups in total. The minimum Gasteiger partial charge on any atom is -0.396 e. The summed E-state index contributed by atoms with van der Waals surface area (Å²) in [5.41, 5.74) is 5.34. The summed E-state index contributed by atoms with van der Waals surface area (Å²) in [6.45, 7) is 1.28. The number of nitrogens with two attached hydrogens (primary N) is 1. The van der Waals surface area contributed by atoms with Crippen molar-refractivity contribution in [1.29, 1.82) is 0 Å². The summed E-state index contributed by atoms with van der Waals surface area (Å²) < 4.78 is 13.8. The van der Waals surface area contributed by atoms with Crippen LogP contribution in [0, 0.1) is 11.7 Å². The Labute approximate surface area is 111 Å². The molecule has 0 bridgehead atoms. The van der Waals surface area contributed by atoms with Crippen LogP contribution < -0.4 is 5.73 Å². The number of hydrogen-bond donors (Lipinski definition) is 2. The van der Waals surface area contributed by atoms with Crippen LogP contribution in [0.4, 0.5) is 10.2 Å². The van der Waals surface area contributed by atoms with E-state index in [9.17, 15) is 9.18 Å². The van der Waals surface area contributed by atoms with Gasteiger partial charge in [-0.1, -0.05) is 0 Å². The standard InChI is InChI=1S/C13H18FN3O2/c14-11-10(3-5-16-12(11)15)13(19)17-6-1-2-9(8-17)4-7-18/h3,5,9,18H,1-2,4,6-8H2,(H2,15,16). The number of carbonyl (C=O) groups is 1. The van der Waals surface area contributed by atoms with Gasteiger partial charge in [0, 0.05) is 25.9 Å². The molecule has 6 heteroatoms. The van der Waals surface area contributed by atoms with Crippen molar-refractivity contribution in [2.45, 2.75) is 19.3 Å². The third kappa shape index (κ3) is 3.01. The summed E-state index contributed by atoms with van der Waals surface area (Å²) in [6.07, 6.45) is 3.87. The van der Waals surface area contributed by atoms with Gasteiger partial charge in [-0.2, -0.15) is 0 Å². The molecule has 1 aliphatic rings. The predicted octanol–water partition coefficient (Wildman–Crippen LogP) is 1.04. The first kappa shape index (κ1) is 13.7. The normalized spacial score (nSPS) is 19.5. The first-order valence-corrected chi connectivity index (χ1v) is 6.43. The third-order valence-corrected chi connectivity index (χ3v) is 3.49. The first-order valence-electron chi connectivity index (χ1n) is 6.43. The van der Waals surface area contributed by atoms with Crippen molar-refractivity contribution in [3.8, 4) is 0 Å². The number of likely N-dealkylation sites (tertiary alicyclic amines) is 1. The number of anilines is 1. The zero-order chi connectivity index (χ0) is 13.8. The monoisotopic (exact) mass is 267 g/mol. The zero-order valence-electron chi connectivity index (χ0n) is 10.7. The van der Waals surface area contributed by atoms with E-state index in [1.807, 2.05) is 0 Å². The lowest BCUT2D eigenvalue weighted by molar-refractivity contribution is 0.0649. The Kier molecular flexibility index (Phi) is 4.31. The van der Waals surface area contributed by atoms with Gasteiger partial charge in [-0.25, -0.2) is 9.37 Å². The summed E-state index contributed by atoms with van der Waals surface area (Å²) in [5.74, 6) is -1.08. The number of nitrogens with zero attached hydrogens (tertiary/aromatic N) is 2. The number of halogens is 1.